The number of nitrogens with one attached hydrogen (secondary N) is 1. The molecule has 1 amide bonds. The highest BCUT2D eigenvalue weighted by Crippen LogP contribution is 2.10. The van der Waals surface area contributed by atoms with Gasteiger partial charge in [0.2, 0.25) is 5.91 Å². The van der Waals surface area contributed by atoms with Crippen molar-refractivity contribution in [2.24, 2.45) is 0 Å². The molecule has 4 heteroatoms. The fraction of sp³-hybridized carbons (Fsp3) is 0.357. The molecule has 18 heavy (non-hydrogen) atoms. The van der Waals surface area contributed by atoms with Crippen molar-refractivity contribution >= 4 is 16.9 Å². The van der Waals surface area contributed by atoms with Gasteiger partial charge in [-0.3, -0.25) is 14.8 Å². The van der Waals surface area contributed by atoms with Crippen LogP contribution >= 0.6 is 0 Å². The number of aromatic nitrogens is 2. The lowest BCUT2D eigenvalue weighted by Gasteiger charge is -2.05. The summed E-state index contributed by atoms with van der Waals surface area (Å²) in [5.41, 5.74) is 2.78. The number of nitrogens with zero attached hydrogens (tertiary/aromatic N) is 2. The highest BCUT2D eigenvalue weighted by Gasteiger charge is 2.02. The number of fused-ring (bicyclic) bond motifs is 1. The highest BCUT2D eigenvalue weighted by molar-refractivity contribution is 5.77. The largest absolute Gasteiger partial charge is 0.352 e. The summed E-state index contributed by atoms with van der Waals surface area (Å²) >= 11 is 0. The first kappa shape index (κ1) is 12.5. The molecule has 0 unspecified atom stereocenters. The minimum atomic E-state index is 0.107. The van der Waals surface area contributed by atoms with Crippen LogP contribution in [0.1, 0.15) is 31.7 Å². The van der Waals surface area contributed by atoms with Gasteiger partial charge in [-0.15, -0.1) is 0 Å². The van der Waals surface area contributed by atoms with Crippen molar-refractivity contribution in [1.29, 1.82) is 0 Å². The predicted molar refractivity (Wildman–Crippen MR) is 70.9 cm³/mol. The molecule has 0 aliphatic carbocycles. The van der Waals surface area contributed by atoms with Crippen molar-refractivity contribution in [3.05, 3.63) is 36.2 Å². The van der Waals surface area contributed by atoms with Crippen molar-refractivity contribution in [3.8, 4) is 0 Å². The summed E-state index contributed by atoms with van der Waals surface area (Å²) in [5, 5.41) is 2.91. The highest BCUT2D eigenvalue weighted by atomic mass is 16.1. The van der Waals surface area contributed by atoms with E-state index in [9.17, 15) is 4.79 Å². The quantitative estimate of drug-likeness (QED) is 0.877. The molecular formula is C14H17N3O. The zero-order chi connectivity index (χ0) is 12.8. The van der Waals surface area contributed by atoms with E-state index >= 15 is 0 Å². The third-order valence-electron chi connectivity index (χ3n) is 2.78. The van der Waals surface area contributed by atoms with Gasteiger partial charge in [0.15, 0.2) is 0 Å². The van der Waals surface area contributed by atoms with E-state index in [1.165, 1.54) is 0 Å². The second-order valence-electron chi connectivity index (χ2n) is 4.26. The fourth-order valence-electron chi connectivity index (χ4n) is 1.75. The van der Waals surface area contributed by atoms with E-state index in [2.05, 4.69) is 22.2 Å². The third kappa shape index (κ3) is 3.26. The number of hydrogen-bond donors (Lipinski definition) is 1. The molecule has 0 saturated heterocycles. The first-order chi connectivity index (χ1) is 8.79. The van der Waals surface area contributed by atoms with Crippen molar-refractivity contribution in [3.63, 3.8) is 0 Å². The van der Waals surface area contributed by atoms with Crippen LogP contribution in [0.3, 0.4) is 0 Å². The monoisotopic (exact) mass is 243 g/mol. The van der Waals surface area contributed by atoms with Gasteiger partial charge < -0.3 is 5.32 Å². The molecule has 0 aliphatic heterocycles. The lowest BCUT2D eigenvalue weighted by Crippen LogP contribution is -2.22. The first-order valence-electron chi connectivity index (χ1n) is 6.26. The van der Waals surface area contributed by atoms with Gasteiger partial charge in [-0.2, -0.15) is 0 Å². The van der Waals surface area contributed by atoms with Gasteiger partial charge in [0.05, 0.1) is 11.0 Å². The smallest absolute Gasteiger partial charge is 0.220 e. The number of carbonyl (C=O) groups excluding carboxylic acids is 1. The zero-order valence-electron chi connectivity index (χ0n) is 10.5. The van der Waals surface area contributed by atoms with Crippen LogP contribution in [0.5, 0.6) is 0 Å². The SMILES string of the molecule is CCCCC(=O)NCc1ccc2nccnc2c1. The number of hydrogen-bond acceptors (Lipinski definition) is 3. The molecule has 1 aromatic carbocycles. The Labute approximate surface area is 106 Å². The average molecular weight is 243 g/mol. The molecule has 0 radical (unpaired) electrons. The number of amides is 1. The van der Waals surface area contributed by atoms with Crippen LogP contribution in [0.2, 0.25) is 0 Å². The van der Waals surface area contributed by atoms with Gasteiger partial charge in [-0.1, -0.05) is 19.4 Å². The van der Waals surface area contributed by atoms with E-state index in [1.807, 2.05) is 18.2 Å². The van der Waals surface area contributed by atoms with E-state index < -0.39 is 0 Å². The van der Waals surface area contributed by atoms with Crippen LogP contribution in [-0.4, -0.2) is 15.9 Å². The number of carbonyl (C=O) groups is 1. The molecule has 0 fully saturated rings. The summed E-state index contributed by atoms with van der Waals surface area (Å²) in [6.45, 7) is 2.63. The molecule has 0 atom stereocenters. The van der Waals surface area contributed by atoms with Crippen LogP contribution in [-0.2, 0) is 11.3 Å². The van der Waals surface area contributed by atoms with Crippen LogP contribution in [0.15, 0.2) is 30.6 Å². The van der Waals surface area contributed by atoms with E-state index in [4.69, 9.17) is 0 Å². The lowest BCUT2D eigenvalue weighted by molar-refractivity contribution is -0.121. The van der Waals surface area contributed by atoms with E-state index in [0.29, 0.717) is 13.0 Å². The number of benzene rings is 1. The van der Waals surface area contributed by atoms with E-state index in [1.54, 1.807) is 12.4 Å². The molecule has 1 heterocycles. The normalized spacial score (nSPS) is 10.5. The zero-order valence-corrected chi connectivity index (χ0v) is 10.5. The number of rotatable bonds is 5. The Kier molecular flexibility index (Phi) is 4.23. The fourth-order valence-corrected chi connectivity index (χ4v) is 1.75. The minimum absolute atomic E-state index is 0.107. The Morgan fingerprint density at radius 2 is 2.00 bits per heavy atom. The summed E-state index contributed by atoms with van der Waals surface area (Å²) in [6.07, 6.45) is 5.93. The molecular weight excluding hydrogens is 226 g/mol. The van der Waals surface area contributed by atoms with Gasteiger partial charge >= 0.3 is 0 Å². The standard InChI is InChI=1S/C14H17N3O/c1-2-3-4-14(18)17-10-11-5-6-12-13(9-11)16-8-7-15-12/h5-9H,2-4,10H2,1H3,(H,17,18). The molecule has 2 rings (SSSR count). The Morgan fingerprint density at radius 3 is 2.78 bits per heavy atom. The summed E-state index contributed by atoms with van der Waals surface area (Å²) in [7, 11) is 0. The molecule has 94 valence electrons. The van der Waals surface area contributed by atoms with E-state index in [0.717, 1.165) is 29.4 Å². The van der Waals surface area contributed by atoms with Crippen molar-refractivity contribution in [2.75, 3.05) is 0 Å². The molecule has 0 spiro atoms. The van der Waals surface area contributed by atoms with Crippen LogP contribution in [0.25, 0.3) is 11.0 Å². The summed E-state index contributed by atoms with van der Waals surface area (Å²) in [6, 6.07) is 5.86. The van der Waals surface area contributed by atoms with Gasteiger partial charge in [-0.25, -0.2) is 0 Å². The predicted octanol–water partition coefficient (Wildman–Crippen LogP) is 2.44. The van der Waals surface area contributed by atoms with Crippen molar-refractivity contribution < 1.29 is 4.79 Å². The molecule has 2 aromatic rings. The Hall–Kier alpha value is -1.97. The van der Waals surface area contributed by atoms with Crippen molar-refractivity contribution in [2.45, 2.75) is 32.7 Å². The molecule has 1 N–H and O–H groups in total. The van der Waals surface area contributed by atoms with Gasteiger partial charge in [0, 0.05) is 25.4 Å². The number of unbranched alkanes of at least 4 members (excludes halogenated alkanes) is 1. The molecule has 0 bridgehead atoms. The van der Waals surface area contributed by atoms with Gasteiger partial charge in [0.25, 0.3) is 0 Å². The Morgan fingerprint density at radius 1 is 1.22 bits per heavy atom. The molecule has 1 aromatic heterocycles. The minimum Gasteiger partial charge on any atom is -0.352 e. The van der Waals surface area contributed by atoms with Gasteiger partial charge in [0.1, 0.15) is 0 Å². The molecule has 0 saturated carbocycles. The summed E-state index contributed by atoms with van der Waals surface area (Å²) < 4.78 is 0. The first-order valence-corrected chi connectivity index (χ1v) is 6.26. The van der Waals surface area contributed by atoms with Crippen LogP contribution in [0.4, 0.5) is 0 Å². The van der Waals surface area contributed by atoms with Crippen LogP contribution in [0, 0.1) is 0 Å². The van der Waals surface area contributed by atoms with Crippen LogP contribution < -0.4 is 5.32 Å². The van der Waals surface area contributed by atoms with E-state index in [-0.39, 0.29) is 5.91 Å². The van der Waals surface area contributed by atoms with Crippen molar-refractivity contribution in [1.82, 2.24) is 15.3 Å². The summed E-state index contributed by atoms with van der Waals surface area (Å²) in [5.74, 6) is 0.107. The summed E-state index contributed by atoms with van der Waals surface area (Å²) in [4.78, 5) is 20.0. The lowest BCUT2D eigenvalue weighted by atomic mass is 10.2. The third-order valence-corrected chi connectivity index (χ3v) is 2.78. The second-order valence-corrected chi connectivity index (χ2v) is 4.26. The average Bonchev–Trinajstić information content (AvgIpc) is 2.42. The second kappa shape index (κ2) is 6.10. The maximum Gasteiger partial charge on any atom is 0.220 e. The molecule has 4 nitrogen and oxygen atoms in total. The maximum atomic E-state index is 11.5. The Balaban J connectivity index is 1.97. The topological polar surface area (TPSA) is 54.9 Å². The maximum absolute atomic E-state index is 11.5. The Bertz CT molecular complexity index is 539. The van der Waals surface area contributed by atoms with Gasteiger partial charge in [-0.05, 0) is 24.1 Å². The molecule has 0 aliphatic rings.